The molecule has 2 N–H and O–H groups in total. The van der Waals surface area contributed by atoms with Gasteiger partial charge in [0.2, 0.25) is 5.95 Å². The summed E-state index contributed by atoms with van der Waals surface area (Å²) >= 11 is 0. The standard InChI is InChI=1S/C20H16N4O4S/c1-13-16-5-2-3-6-17(16)28-18(13)19(25)23-14-7-9-15(10-8-14)29(26,27)24-20-21-11-4-12-22-20/h2-12H,1H3,(H,23,25)(H,21,22,24). The van der Waals surface area contributed by atoms with E-state index in [9.17, 15) is 13.2 Å². The van der Waals surface area contributed by atoms with Gasteiger partial charge in [0.1, 0.15) is 5.58 Å². The van der Waals surface area contributed by atoms with Crippen LogP contribution in [0.25, 0.3) is 11.0 Å². The fraction of sp³-hybridized carbons (Fsp3) is 0.0500. The Labute approximate surface area is 166 Å². The summed E-state index contributed by atoms with van der Waals surface area (Å²) in [6.45, 7) is 1.81. The van der Waals surface area contributed by atoms with Crippen molar-refractivity contribution in [2.45, 2.75) is 11.8 Å². The van der Waals surface area contributed by atoms with Gasteiger partial charge < -0.3 is 9.73 Å². The van der Waals surface area contributed by atoms with Gasteiger partial charge in [-0.1, -0.05) is 18.2 Å². The van der Waals surface area contributed by atoms with Crippen LogP contribution in [0.15, 0.2) is 76.3 Å². The number of para-hydroxylation sites is 1. The second-order valence-electron chi connectivity index (χ2n) is 6.21. The van der Waals surface area contributed by atoms with Gasteiger partial charge in [0.05, 0.1) is 4.90 Å². The van der Waals surface area contributed by atoms with Gasteiger partial charge in [-0.25, -0.2) is 23.1 Å². The summed E-state index contributed by atoms with van der Waals surface area (Å²) in [6.07, 6.45) is 2.87. The van der Waals surface area contributed by atoms with E-state index in [2.05, 4.69) is 20.0 Å². The van der Waals surface area contributed by atoms with Crippen molar-refractivity contribution in [3.05, 3.63) is 78.3 Å². The van der Waals surface area contributed by atoms with Gasteiger partial charge in [-0.3, -0.25) is 4.79 Å². The highest BCUT2D eigenvalue weighted by molar-refractivity contribution is 7.92. The molecule has 0 saturated carbocycles. The number of nitrogens with one attached hydrogen (secondary N) is 2. The molecule has 29 heavy (non-hydrogen) atoms. The molecule has 146 valence electrons. The molecule has 0 aliphatic rings. The first kappa shape index (κ1) is 18.6. The number of aromatic nitrogens is 2. The summed E-state index contributed by atoms with van der Waals surface area (Å²) in [5.74, 6) is -0.221. The van der Waals surface area contributed by atoms with Crippen LogP contribution in [-0.2, 0) is 10.0 Å². The van der Waals surface area contributed by atoms with E-state index in [0.717, 1.165) is 10.9 Å². The fourth-order valence-electron chi connectivity index (χ4n) is 2.83. The number of carbonyl (C=O) groups is 1. The second-order valence-corrected chi connectivity index (χ2v) is 7.89. The quantitative estimate of drug-likeness (QED) is 0.522. The Morgan fingerprint density at radius 3 is 2.34 bits per heavy atom. The third-order valence-electron chi connectivity index (χ3n) is 4.26. The first-order chi connectivity index (χ1) is 13.9. The fourth-order valence-corrected chi connectivity index (χ4v) is 3.79. The summed E-state index contributed by atoms with van der Waals surface area (Å²) in [5, 5.41) is 3.58. The second kappa shape index (κ2) is 7.36. The number of hydrogen-bond donors (Lipinski definition) is 2. The first-order valence-electron chi connectivity index (χ1n) is 8.63. The van der Waals surface area contributed by atoms with Gasteiger partial charge in [0.25, 0.3) is 15.9 Å². The monoisotopic (exact) mass is 408 g/mol. The van der Waals surface area contributed by atoms with Crippen LogP contribution in [0.1, 0.15) is 16.1 Å². The summed E-state index contributed by atoms with van der Waals surface area (Å²) in [6, 6.07) is 14.7. The number of benzene rings is 2. The molecule has 0 bridgehead atoms. The van der Waals surface area contributed by atoms with Crippen LogP contribution >= 0.6 is 0 Å². The molecule has 4 rings (SSSR count). The summed E-state index contributed by atoms with van der Waals surface area (Å²) in [4.78, 5) is 20.3. The van der Waals surface area contributed by atoms with Crippen molar-refractivity contribution in [3.8, 4) is 0 Å². The molecule has 1 amide bonds. The van der Waals surface area contributed by atoms with Crippen molar-refractivity contribution in [3.63, 3.8) is 0 Å². The summed E-state index contributed by atoms with van der Waals surface area (Å²) in [5.41, 5.74) is 1.81. The van der Waals surface area contributed by atoms with E-state index < -0.39 is 15.9 Å². The Bertz CT molecular complexity index is 1280. The Morgan fingerprint density at radius 1 is 0.966 bits per heavy atom. The van der Waals surface area contributed by atoms with Crippen LogP contribution in [0.4, 0.5) is 11.6 Å². The number of furan rings is 1. The van der Waals surface area contributed by atoms with Crippen LogP contribution in [0.5, 0.6) is 0 Å². The Kier molecular flexibility index (Phi) is 4.73. The number of sulfonamides is 1. The van der Waals surface area contributed by atoms with Gasteiger partial charge in [-0.2, -0.15) is 0 Å². The highest BCUT2D eigenvalue weighted by atomic mass is 32.2. The number of aryl methyl sites for hydroxylation is 1. The topological polar surface area (TPSA) is 114 Å². The number of nitrogens with zero attached hydrogens (tertiary/aromatic N) is 2. The zero-order valence-corrected chi connectivity index (χ0v) is 16.1. The molecule has 0 aliphatic carbocycles. The first-order valence-corrected chi connectivity index (χ1v) is 10.1. The predicted octanol–water partition coefficient (Wildman–Crippen LogP) is 3.58. The molecular weight excluding hydrogens is 392 g/mol. The van der Waals surface area contributed by atoms with E-state index in [4.69, 9.17) is 4.42 Å². The van der Waals surface area contributed by atoms with Gasteiger partial charge >= 0.3 is 0 Å². The minimum Gasteiger partial charge on any atom is -0.451 e. The van der Waals surface area contributed by atoms with Gasteiger partial charge in [0, 0.05) is 29.0 Å². The van der Waals surface area contributed by atoms with E-state index in [1.54, 1.807) is 12.1 Å². The van der Waals surface area contributed by atoms with E-state index >= 15 is 0 Å². The minimum atomic E-state index is -3.84. The van der Waals surface area contributed by atoms with Crippen LogP contribution in [0, 0.1) is 6.92 Å². The zero-order chi connectivity index (χ0) is 20.4. The van der Waals surface area contributed by atoms with Crippen molar-refractivity contribution in [2.24, 2.45) is 0 Å². The lowest BCUT2D eigenvalue weighted by Gasteiger charge is -2.08. The number of hydrogen-bond acceptors (Lipinski definition) is 6. The molecule has 9 heteroatoms. The number of amides is 1. The van der Waals surface area contributed by atoms with Crippen LogP contribution in [0.3, 0.4) is 0 Å². The number of rotatable bonds is 5. The van der Waals surface area contributed by atoms with Crippen molar-refractivity contribution in [2.75, 3.05) is 10.0 Å². The molecular formula is C20H16N4O4S. The molecule has 8 nitrogen and oxygen atoms in total. The lowest BCUT2D eigenvalue weighted by Crippen LogP contribution is -2.15. The maximum absolute atomic E-state index is 12.6. The normalized spacial score (nSPS) is 11.3. The van der Waals surface area contributed by atoms with Gasteiger partial charge in [0.15, 0.2) is 5.76 Å². The van der Waals surface area contributed by atoms with Gasteiger partial charge in [-0.05, 0) is 43.3 Å². The average Bonchev–Trinajstić information content (AvgIpc) is 3.06. The molecule has 2 heterocycles. The maximum atomic E-state index is 12.6. The van der Waals surface area contributed by atoms with Crippen molar-refractivity contribution >= 4 is 38.5 Å². The summed E-state index contributed by atoms with van der Waals surface area (Å²) in [7, 11) is -3.84. The molecule has 0 fully saturated rings. The average molecular weight is 408 g/mol. The SMILES string of the molecule is Cc1c(C(=O)Nc2ccc(S(=O)(=O)Nc3ncccn3)cc2)oc2ccccc12. The van der Waals surface area contributed by atoms with Crippen LogP contribution in [0.2, 0.25) is 0 Å². The van der Waals surface area contributed by atoms with Crippen molar-refractivity contribution in [1.29, 1.82) is 0 Å². The van der Waals surface area contributed by atoms with Crippen LogP contribution in [-0.4, -0.2) is 24.3 Å². The molecule has 0 aliphatic heterocycles. The molecule has 0 unspecified atom stereocenters. The molecule has 4 aromatic rings. The lowest BCUT2D eigenvalue weighted by atomic mass is 10.1. The molecule has 0 radical (unpaired) electrons. The number of fused-ring (bicyclic) bond motifs is 1. The van der Waals surface area contributed by atoms with Crippen molar-refractivity contribution in [1.82, 2.24) is 9.97 Å². The summed E-state index contributed by atoms with van der Waals surface area (Å²) < 4.78 is 32.8. The lowest BCUT2D eigenvalue weighted by molar-refractivity contribution is 0.0998. The third kappa shape index (κ3) is 3.81. The maximum Gasteiger partial charge on any atom is 0.291 e. The Morgan fingerprint density at radius 2 is 1.66 bits per heavy atom. The highest BCUT2D eigenvalue weighted by Gasteiger charge is 2.19. The van der Waals surface area contributed by atoms with E-state index in [1.807, 2.05) is 25.1 Å². The number of carbonyl (C=O) groups excluding carboxylic acids is 1. The third-order valence-corrected chi connectivity index (χ3v) is 5.61. The number of anilines is 2. The van der Waals surface area contributed by atoms with Crippen molar-refractivity contribution < 1.29 is 17.6 Å². The predicted molar refractivity (Wildman–Crippen MR) is 108 cm³/mol. The highest BCUT2D eigenvalue weighted by Crippen LogP contribution is 2.26. The molecule has 0 saturated heterocycles. The van der Waals surface area contributed by atoms with Crippen LogP contribution < -0.4 is 10.0 Å². The van der Waals surface area contributed by atoms with E-state index in [0.29, 0.717) is 11.3 Å². The molecule has 0 spiro atoms. The zero-order valence-electron chi connectivity index (χ0n) is 15.3. The Hall–Kier alpha value is -3.72. The van der Waals surface area contributed by atoms with E-state index in [-0.39, 0.29) is 16.6 Å². The van der Waals surface area contributed by atoms with E-state index in [1.165, 1.54) is 36.7 Å². The minimum absolute atomic E-state index is 0.0165. The smallest absolute Gasteiger partial charge is 0.291 e. The molecule has 2 aromatic heterocycles. The van der Waals surface area contributed by atoms with Gasteiger partial charge in [-0.15, -0.1) is 0 Å². The molecule has 0 atom stereocenters. The Balaban J connectivity index is 1.52. The largest absolute Gasteiger partial charge is 0.451 e. The molecule has 2 aromatic carbocycles.